The second kappa shape index (κ2) is 8.27. The Balaban J connectivity index is 1.44. The van der Waals surface area contributed by atoms with Gasteiger partial charge in [-0.2, -0.15) is 0 Å². The molecule has 2 aromatic rings. The van der Waals surface area contributed by atoms with Crippen LogP contribution in [0.1, 0.15) is 29.5 Å². The minimum Gasteiger partial charge on any atom is -0.393 e. The molecule has 1 aliphatic heterocycles. The summed E-state index contributed by atoms with van der Waals surface area (Å²) in [5.41, 5.74) is 5.19. The maximum absolute atomic E-state index is 9.60. The Bertz CT molecular complexity index is 634. The van der Waals surface area contributed by atoms with Crippen molar-refractivity contribution in [2.75, 3.05) is 24.5 Å². The highest BCUT2D eigenvalue weighted by molar-refractivity contribution is 5.48. The number of hydrogen-bond acceptors (Lipinski definition) is 4. The zero-order valence-corrected chi connectivity index (χ0v) is 14.4. The Morgan fingerprint density at radius 3 is 2.62 bits per heavy atom. The average molecular weight is 325 g/mol. The lowest BCUT2D eigenvalue weighted by molar-refractivity contribution is 0.145. The lowest BCUT2D eigenvalue weighted by atomic mass is 10.1. The van der Waals surface area contributed by atoms with Gasteiger partial charge >= 0.3 is 0 Å². The molecule has 0 unspecified atom stereocenters. The molecule has 4 heteroatoms. The Kier molecular flexibility index (Phi) is 5.83. The Morgan fingerprint density at radius 2 is 1.92 bits per heavy atom. The summed E-state index contributed by atoms with van der Waals surface area (Å²) in [6.07, 6.45) is 6.44. The summed E-state index contributed by atoms with van der Waals surface area (Å²) >= 11 is 0. The molecule has 24 heavy (non-hydrogen) atoms. The first kappa shape index (κ1) is 16.9. The molecule has 3 rings (SSSR count). The monoisotopic (exact) mass is 325 g/mol. The van der Waals surface area contributed by atoms with Gasteiger partial charge in [0.2, 0.25) is 0 Å². The highest BCUT2D eigenvalue weighted by atomic mass is 16.3. The normalized spacial score (nSPS) is 15.7. The van der Waals surface area contributed by atoms with E-state index in [-0.39, 0.29) is 6.10 Å². The van der Waals surface area contributed by atoms with Crippen molar-refractivity contribution in [2.24, 2.45) is 0 Å². The molecule has 0 radical (unpaired) electrons. The molecule has 0 atom stereocenters. The van der Waals surface area contributed by atoms with Crippen LogP contribution in [0.25, 0.3) is 0 Å². The molecule has 1 fully saturated rings. The van der Waals surface area contributed by atoms with Crippen LogP contribution in [0.2, 0.25) is 0 Å². The van der Waals surface area contributed by atoms with Gasteiger partial charge < -0.3 is 15.3 Å². The van der Waals surface area contributed by atoms with Crippen LogP contribution in [0.15, 0.2) is 42.7 Å². The van der Waals surface area contributed by atoms with E-state index in [9.17, 15) is 5.11 Å². The van der Waals surface area contributed by atoms with E-state index < -0.39 is 0 Å². The molecule has 0 bridgehead atoms. The lowest BCUT2D eigenvalue weighted by Gasteiger charge is -2.31. The van der Waals surface area contributed by atoms with Gasteiger partial charge in [0.25, 0.3) is 0 Å². The van der Waals surface area contributed by atoms with Crippen LogP contribution in [-0.2, 0) is 13.0 Å². The third-order valence-electron chi connectivity index (χ3n) is 4.80. The highest BCUT2D eigenvalue weighted by Gasteiger charge is 2.16. The van der Waals surface area contributed by atoms with Crippen molar-refractivity contribution in [1.82, 2.24) is 10.3 Å². The predicted octanol–water partition coefficient (Wildman–Crippen LogP) is 2.68. The molecule has 4 nitrogen and oxygen atoms in total. The number of anilines is 1. The van der Waals surface area contributed by atoms with Crippen LogP contribution in [-0.4, -0.2) is 35.8 Å². The van der Waals surface area contributed by atoms with Crippen molar-refractivity contribution in [3.63, 3.8) is 0 Å². The molecular formula is C20H27N3O. The molecule has 1 aromatic heterocycles. The number of benzene rings is 1. The Labute approximate surface area is 144 Å². The number of aliphatic hydroxyl groups is 1. The molecule has 2 N–H and O–H groups in total. The van der Waals surface area contributed by atoms with E-state index in [0.717, 1.165) is 45.4 Å². The van der Waals surface area contributed by atoms with Gasteiger partial charge in [0, 0.05) is 37.7 Å². The zero-order valence-electron chi connectivity index (χ0n) is 14.4. The van der Waals surface area contributed by atoms with E-state index >= 15 is 0 Å². The fourth-order valence-corrected chi connectivity index (χ4v) is 3.19. The molecule has 0 amide bonds. The Hall–Kier alpha value is -1.91. The molecule has 2 heterocycles. The molecule has 128 valence electrons. The number of nitrogens with one attached hydrogen (secondary N) is 1. The number of nitrogens with zero attached hydrogens (tertiary/aromatic N) is 2. The number of hydrogen-bond donors (Lipinski definition) is 2. The van der Waals surface area contributed by atoms with Crippen molar-refractivity contribution < 1.29 is 5.11 Å². The van der Waals surface area contributed by atoms with Crippen LogP contribution in [0, 0.1) is 6.92 Å². The lowest BCUT2D eigenvalue weighted by Crippen LogP contribution is -2.35. The minimum absolute atomic E-state index is 0.117. The molecule has 1 aromatic carbocycles. The fraction of sp³-hybridized carbons (Fsp3) is 0.450. The number of aliphatic hydroxyl groups excluding tert-OH is 1. The summed E-state index contributed by atoms with van der Waals surface area (Å²) in [6, 6.07) is 10.9. The van der Waals surface area contributed by atoms with E-state index in [2.05, 4.69) is 52.5 Å². The standard InChI is InChI=1S/C20H27N3O/c1-16-14-21-10-6-18(16)7-11-22-15-17-2-4-19(5-3-17)23-12-8-20(24)9-13-23/h2-6,10,14,20,22,24H,7-9,11-13,15H2,1H3. The summed E-state index contributed by atoms with van der Waals surface area (Å²) in [7, 11) is 0. The highest BCUT2D eigenvalue weighted by Crippen LogP contribution is 2.20. The maximum atomic E-state index is 9.60. The van der Waals surface area contributed by atoms with E-state index in [1.807, 2.05) is 12.4 Å². The summed E-state index contributed by atoms with van der Waals surface area (Å²) in [4.78, 5) is 6.49. The quantitative estimate of drug-likeness (QED) is 0.802. The second-order valence-corrected chi connectivity index (χ2v) is 6.61. The van der Waals surface area contributed by atoms with Crippen molar-refractivity contribution in [3.05, 3.63) is 59.4 Å². The van der Waals surface area contributed by atoms with Gasteiger partial charge in [-0.3, -0.25) is 4.98 Å². The smallest absolute Gasteiger partial charge is 0.0574 e. The van der Waals surface area contributed by atoms with Crippen LogP contribution in [0.4, 0.5) is 5.69 Å². The SMILES string of the molecule is Cc1cnccc1CCNCc1ccc(N2CCC(O)CC2)cc1. The number of pyridine rings is 1. The second-order valence-electron chi connectivity index (χ2n) is 6.61. The van der Waals surface area contributed by atoms with Crippen LogP contribution < -0.4 is 10.2 Å². The Morgan fingerprint density at radius 1 is 1.17 bits per heavy atom. The largest absolute Gasteiger partial charge is 0.393 e. The molecule has 1 aliphatic rings. The first-order chi connectivity index (χ1) is 11.7. The first-order valence-electron chi connectivity index (χ1n) is 8.84. The first-order valence-corrected chi connectivity index (χ1v) is 8.84. The van der Waals surface area contributed by atoms with Gasteiger partial charge in [0.05, 0.1) is 6.10 Å². The van der Waals surface area contributed by atoms with Gasteiger partial charge in [0.15, 0.2) is 0 Å². The number of rotatable bonds is 6. The molecule has 1 saturated heterocycles. The summed E-state index contributed by atoms with van der Waals surface area (Å²) in [6.45, 7) is 5.87. The number of piperidine rings is 1. The van der Waals surface area contributed by atoms with Gasteiger partial charge in [-0.25, -0.2) is 0 Å². The minimum atomic E-state index is -0.117. The fourth-order valence-electron chi connectivity index (χ4n) is 3.19. The molecular weight excluding hydrogens is 298 g/mol. The summed E-state index contributed by atoms with van der Waals surface area (Å²) in [5, 5.41) is 13.1. The third-order valence-corrected chi connectivity index (χ3v) is 4.80. The van der Waals surface area contributed by atoms with Crippen molar-refractivity contribution >= 4 is 5.69 Å². The average Bonchev–Trinajstić information content (AvgIpc) is 2.61. The van der Waals surface area contributed by atoms with Crippen LogP contribution in [0.3, 0.4) is 0 Å². The van der Waals surface area contributed by atoms with Crippen LogP contribution >= 0.6 is 0 Å². The van der Waals surface area contributed by atoms with Gasteiger partial charge in [-0.1, -0.05) is 12.1 Å². The summed E-state index contributed by atoms with van der Waals surface area (Å²) < 4.78 is 0. The van der Waals surface area contributed by atoms with Crippen molar-refractivity contribution in [3.8, 4) is 0 Å². The molecule has 0 aliphatic carbocycles. The zero-order chi connectivity index (χ0) is 16.8. The topological polar surface area (TPSA) is 48.4 Å². The van der Waals surface area contributed by atoms with Gasteiger partial charge in [-0.05, 0) is 67.6 Å². The van der Waals surface area contributed by atoms with E-state index in [1.54, 1.807) is 0 Å². The summed E-state index contributed by atoms with van der Waals surface area (Å²) in [5.74, 6) is 0. The third kappa shape index (κ3) is 4.56. The predicted molar refractivity (Wildman–Crippen MR) is 98.3 cm³/mol. The van der Waals surface area contributed by atoms with Crippen molar-refractivity contribution in [2.45, 2.75) is 38.8 Å². The number of aromatic nitrogens is 1. The van der Waals surface area contributed by atoms with E-state index in [1.165, 1.54) is 22.4 Å². The van der Waals surface area contributed by atoms with Crippen molar-refractivity contribution in [1.29, 1.82) is 0 Å². The van der Waals surface area contributed by atoms with Gasteiger partial charge in [-0.15, -0.1) is 0 Å². The molecule has 0 saturated carbocycles. The molecule has 0 spiro atoms. The van der Waals surface area contributed by atoms with Crippen LogP contribution in [0.5, 0.6) is 0 Å². The van der Waals surface area contributed by atoms with E-state index in [4.69, 9.17) is 0 Å². The van der Waals surface area contributed by atoms with Gasteiger partial charge in [0.1, 0.15) is 0 Å². The van der Waals surface area contributed by atoms with E-state index in [0.29, 0.717) is 0 Å². The number of aryl methyl sites for hydroxylation is 1. The maximum Gasteiger partial charge on any atom is 0.0574 e.